The third kappa shape index (κ3) is 4.34. The average Bonchev–Trinajstić information content (AvgIpc) is 2.35. The smallest absolute Gasteiger partial charge is 0.347 e. The van der Waals surface area contributed by atoms with E-state index >= 15 is 0 Å². The standard InChI is InChI=1S/C12H14ClF3N2O3S/c1-7(11(19)18(2)3)17-22(20,21)8-4-5-10(13)9(6-8)12(14,15)16/h4-7,17H,1-3H3/t7-/m0/s1. The minimum absolute atomic E-state index is 0.428. The highest BCUT2D eigenvalue weighted by Gasteiger charge is 2.35. The number of hydrogen-bond acceptors (Lipinski definition) is 3. The van der Waals surface area contributed by atoms with Crippen molar-refractivity contribution < 1.29 is 26.4 Å². The normalized spacial score (nSPS) is 13.8. The van der Waals surface area contributed by atoms with Crippen LogP contribution in [0.2, 0.25) is 5.02 Å². The number of nitrogens with one attached hydrogen (secondary N) is 1. The molecule has 1 rings (SSSR count). The predicted octanol–water partition coefficient (Wildman–Crippen LogP) is 2.11. The van der Waals surface area contributed by atoms with Gasteiger partial charge >= 0.3 is 6.18 Å². The van der Waals surface area contributed by atoms with Gasteiger partial charge in [-0.1, -0.05) is 11.6 Å². The van der Waals surface area contributed by atoms with Crippen LogP contribution in [0.1, 0.15) is 12.5 Å². The molecule has 1 aromatic carbocycles. The molecule has 0 spiro atoms. The molecule has 0 bridgehead atoms. The van der Waals surface area contributed by atoms with Gasteiger partial charge in [-0.2, -0.15) is 17.9 Å². The van der Waals surface area contributed by atoms with Crippen molar-refractivity contribution in [1.29, 1.82) is 0 Å². The molecule has 0 heterocycles. The van der Waals surface area contributed by atoms with Crippen molar-refractivity contribution in [2.24, 2.45) is 0 Å². The number of alkyl halides is 3. The second kappa shape index (κ2) is 6.43. The highest BCUT2D eigenvalue weighted by molar-refractivity contribution is 7.89. The Morgan fingerprint density at radius 2 is 1.86 bits per heavy atom. The first-order valence-corrected chi connectivity index (χ1v) is 7.82. The van der Waals surface area contributed by atoms with Crippen molar-refractivity contribution in [3.05, 3.63) is 28.8 Å². The molecule has 0 radical (unpaired) electrons. The zero-order valence-electron chi connectivity index (χ0n) is 11.9. The molecule has 10 heteroatoms. The summed E-state index contributed by atoms with van der Waals surface area (Å²) in [7, 11) is -1.44. The number of amides is 1. The second-order valence-electron chi connectivity index (χ2n) is 4.72. The Morgan fingerprint density at radius 1 is 1.32 bits per heavy atom. The summed E-state index contributed by atoms with van der Waals surface area (Å²) in [5, 5.41) is -0.608. The van der Waals surface area contributed by atoms with Crippen LogP contribution < -0.4 is 4.72 Å². The number of nitrogens with zero attached hydrogens (tertiary/aromatic N) is 1. The fraction of sp³-hybridized carbons (Fsp3) is 0.417. The number of likely N-dealkylation sites (N-methyl/N-ethyl adjacent to an activating group) is 1. The molecule has 0 unspecified atom stereocenters. The Balaban J connectivity index is 3.17. The molecule has 0 fully saturated rings. The lowest BCUT2D eigenvalue weighted by molar-refractivity contribution is -0.137. The zero-order valence-corrected chi connectivity index (χ0v) is 13.5. The number of rotatable bonds is 4. The third-order valence-corrected chi connectivity index (χ3v) is 4.56. The molecule has 22 heavy (non-hydrogen) atoms. The van der Waals surface area contributed by atoms with E-state index in [1.807, 2.05) is 4.72 Å². The minimum atomic E-state index is -4.78. The fourth-order valence-corrected chi connectivity index (χ4v) is 3.07. The summed E-state index contributed by atoms with van der Waals surface area (Å²) < 4.78 is 64.4. The van der Waals surface area contributed by atoms with E-state index in [0.29, 0.717) is 6.07 Å². The summed E-state index contributed by atoms with van der Waals surface area (Å²) in [6.45, 7) is 1.29. The van der Waals surface area contributed by atoms with Gasteiger partial charge in [0.15, 0.2) is 0 Å². The van der Waals surface area contributed by atoms with E-state index in [2.05, 4.69) is 0 Å². The lowest BCUT2D eigenvalue weighted by atomic mass is 10.2. The molecule has 124 valence electrons. The summed E-state index contributed by atoms with van der Waals surface area (Å²) >= 11 is 5.43. The fourth-order valence-electron chi connectivity index (χ4n) is 1.63. The number of carbonyl (C=O) groups excluding carboxylic acids is 1. The van der Waals surface area contributed by atoms with Crippen molar-refractivity contribution in [2.75, 3.05) is 14.1 Å². The van der Waals surface area contributed by atoms with E-state index in [0.717, 1.165) is 17.0 Å². The van der Waals surface area contributed by atoms with Crippen LogP contribution in [0.5, 0.6) is 0 Å². The summed E-state index contributed by atoms with van der Waals surface area (Å²) in [5.74, 6) is -0.534. The highest BCUT2D eigenvalue weighted by atomic mass is 35.5. The predicted molar refractivity (Wildman–Crippen MR) is 74.9 cm³/mol. The Hall–Kier alpha value is -1.32. The van der Waals surface area contributed by atoms with Crippen LogP contribution in [-0.4, -0.2) is 39.4 Å². The quantitative estimate of drug-likeness (QED) is 0.896. The van der Waals surface area contributed by atoms with Crippen LogP contribution in [0.3, 0.4) is 0 Å². The first kappa shape index (κ1) is 18.7. The van der Waals surface area contributed by atoms with Crippen LogP contribution in [0.15, 0.2) is 23.1 Å². The first-order valence-electron chi connectivity index (χ1n) is 5.96. The van der Waals surface area contributed by atoms with Crippen LogP contribution in [-0.2, 0) is 21.0 Å². The van der Waals surface area contributed by atoms with Gasteiger partial charge in [0.05, 0.1) is 21.5 Å². The molecule has 1 amide bonds. The van der Waals surface area contributed by atoms with E-state index in [1.54, 1.807) is 0 Å². The Bertz CT molecular complexity index is 675. The van der Waals surface area contributed by atoms with Gasteiger partial charge in [0.1, 0.15) is 0 Å². The minimum Gasteiger partial charge on any atom is -0.347 e. The van der Waals surface area contributed by atoms with Crippen LogP contribution in [0.4, 0.5) is 13.2 Å². The van der Waals surface area contributed by atoms with Crippen molar-refractivity contribution >= 4 is 27.5 Å². The number of hydrogen-bond donors (Lipinski definition) is 1. The van der Waals surface area contributed by atoms with Crippen LogP contribution in [0, 0.1) is 0 Å². The van der Waals surface area contributed by atoms with Crippen molar-refractivity contribution in [2.45, 2.75) is 24.0 Å². The Kier molecular flexibility index (Phi) is 5.47. The number of carbonyl (C=O) groups is 1. The summed E-state index contributed by atoms with van der Waals surface area (Å²) in [6, 6.07) is 1.09. The number of benzene rings is 1. The van der Waals surface area contributed by atoms with Gasteiger partial charge in [-0.3, -0.25) is 4.79 Å². The maximum absolute atomic E-state index is 12.8. The molecule has 0 saturated heterocycles. The molecule has 0 saturated carbocycles. The van der Waals surface area contributed by atoms with E-state index in [4.69, 9.17) is 11.6 Å². The molecular formula is C12H14ClF3N2O3S. The molecule has 1 aromatic rings. The molecule has 0 aliphatic carbocycles. The molecule has 0 aliphatic heterocycles. The number of sulfonamides is 1. The van der Waals surface area contributed by atoms with Gasteiger partial charge in [-0.15, -0.1) is 0 Å². The van der Waals surface area contributed by atoms with Crippen LogP contribution in [0.25, 0.3) is 0 Å². The molecule has 0 aliphatic rings. The van der Waals surface area contributed by atoms with Gasteiger partial charge < -0.3 is 4.90 Å². The van der Waals surface area contributed by atoms with Gasteiger partial charge in [-0.05, 0) is 25.1 Å². The molecule has 0 aromatic heterocycles. The zero-order chi connectivity index (χ0) is 17.3. The topological polar surface area (TPSA) is 66.5 Å². The second-order valence-corrected chi connectivity index (χ2v) is 6.84. The molecule has 5 nitrogen and oxygen atoms in total. The SMILES string of the molecule is C[C@H](NS(=O)(=O)c1ccc(Cl)c(C(F)(F)F)c1)C(=O)N(C)C. The summed E-state index contributed by atoms with van der Waals surface area (Å²) in [6.07, 6.45) is -4.78. The van der Waals surface area contributed by atoms with E-state index in [9.17, 15) is 26.4 Å². The third-order valence-electron chi connectivity index (χ3n) is 2.70. The van der Waals surface area contributed by atoms with Crippen molar-refractivity contribution in [3.8, 4) is 0 Å². The van der Waals surface area contributed by atoms with Crippen molar-refractivity contribution in [1.82, 2.24) is 9.62 Å². The van der Waals surface area contributed by atoms with E-state index < -0.39 is 43.6 Å². The average molecular weight is 359 g/mol. The highest BCUT2D eigenvalue weighted by Crippen LogP contribution is 2.35. The van der Waals surface area contributed by atoms with Gasteiger partial charge in [0.25, 0.3) is 0 Å². The lowest BCUT2D eigenvalue weighted by Gasteiger charge is -2.18. The lowest BCUT2D eigenvalue weighted by Crippen LogP contribution is -2.44. The van der Waals surface area contributed by atoms with E-state index in [-0.39, 0.29) is 0 Å². The number of halogens is 4. The molecule has 1 N–H and O–H groups in total. The van der Waals surface area contributed by atoms with E-state index in [1.165, 1.54) is 21.0 Å². The Morgan fingerprint density at radius 3 is 2.32 bits per heavy atom. The molecular weight excluding hydrogens is 345 g/mol. The maximum Gasteiger partial charge on any atom is 0.417 e. The van der Waals surface area contributed by atoms with Crippen LogP contribution >= 0.6 is 11.6 Å². The molecule has 1 atom stereocenters. The first-order chi connectivity index (χ1) is 9.86. The summed E-state index contributed by atoms with van der Waals surface area (Å²) in [4.78, 5) is 12.2. The largest absolute Gasteiger partial charge is 0.417 e. The Labute approximate surface area is 131 Å². The van der Waals surface area contributed by atoms with Crippen molar-refractivity contribution in [3.63, 3.8) is 0 Å². The van der Waals surface area contributed by atoms with Gasteiger partial charge in [-0.25, -0.2) is 8.42 Å². The monoisotopic (exact) mass is 358 g/mol. The van der Waals surface area contributed by atoms with Gasteiger partial charge in [0, 0.05) is 14.1 Å². The maximum atomic E-state index is 12.8. The summed E-state index contributed by atoms with van der Waals surface area (Å²) in [5.41, 5.74) is -1.26. The van der Waals surface area contributed by atoms with Gasteiger partial charge in [0.2, 0.25) is 15.9 Å².